The zero-order valence-electron chi connectivity index (χ0n) is 14.0. The highest BCUT2D eigenvalue weighted by Gasteiger charge is 2.08. The summed E-state index contributed by atoms with van der Waals surface area (Å²) in [6.45, 7) is 1.62. The zero-order valence-corrected chi connectivity index (χ0v) is 14.0. The maximum atomic E-state index is 12.2. The Kier molecular flexibility index (Phi) is 5.46. The number of methoxy groups -OCH3 is 1. The summed E-state index contributed by atoms with van der Waals surface area (Å²) < 4.78 is 16.0. The van der Waals surface area contributed by atoms with Crippen LogP contribution in [0.4, 0.5) is 0 Å². The Morgan fingerprint density at radius 3 is 2.48 bits per heavy atom. The molecular weight excluding hydrogens is 318 g/mol. The number of aliphatic imine (C=N–C) groups is 1. The van der Waals surface area contributed by atoms with Crippen LogP contribution in [-0.2, 0) is 4.74 Å². The molecule has 0 bridgehead atoms. The van der Waals surface area contributed by atoms with E-state index in [1.54, 1.807) is 43.5 Å². The zero-order chi connectivity index (χ0) is 17.5. The molecule has 2 aromatic rings. The topological polar surface area (TPSA) is 57.1 Å². The lowest BCUT2D eigenvalue weighted by atomic mass is 10.1. The minimum Gasteiger partial charge on any atom is -0.497 e. The van der Waals surface area contributed by atoms with Crippen molar-refractivity contribution in [3.05, 3.63) is 65.7 Å². The standard InChI is InChI=1S/C20H19NO4/c1-23-17-7-2-15(3-8-17)4-11-19(22)16-5-9-18(10-6-16)25-14-20-21-12-13-24-20/h2-11H,12-14H2,1H3/b11-4+. The lowest BCUT2D eigenvalue weighted by molar-refractivity contribution is 0.104. The largest absolute Gasteiger partial charge is 0.497 e. The smallest absolute Gasteiger partial charge is 0.222 e. The summed E-state index contributed by atoms with van der Waals surface area (Å²) in [4.78, 5) is 16.4. The predicted molar refractivity (Wildman–Crippen MR) is 96.5 cm³/mol. The molecule has 0 spiro atoms. The number of allylic oxidation sites excluding steroid dienone is 1. The van der Waals surface area contributed by atoms with Crippen LogP contribution in [-0.4, -0.2) is 38.5 Å². The van der Waals surface area contributed by atoms with Gasteiger partial charge in [0.05, 0.1) is 13.7 Å². The second-order valence-electron chi connectivity index (χ2n) is 5.41. The van der Waals surface area contributed by atoms with Gasteiger partial charge in [-0.25, -0.2) is 4.99 Å². The van der Waals surface area contributed by atoms with E-state index in [0.29, 0.717) is 37.0 Å². The van der Waals surface area contributed by atoms with E-state index in [0.717, 1.165) is 11.3 Å². The molecule has 3 rings (SSSR count). The number of ether oxygens (including phenoxy) is 3. The number of ketones is 1. The average Bonchev–Trinajstić information content (AvgIpc) is 3.19. The van der Waals surface area contributed by atoms with E-state index in [1.807, 2.05) is 24.3 Å². The van der Waals surface area contributed by atoms with Crippen molar-refractivity contribution in [3.8, 4) is 11.5 Å². The summed E-state index contributed by atoms with van der Waals surface area (Å²) in [7, 11) is 1.62. The quantitative estimate of drug-likeness (QED) is 0.574. The molecule has 1 heterocycles. The number of benzene rings is 2. The molecule has 2 aromatic carbocycles. The van der Waals surface area contributed by atoms with Crippen molar-refractivity contribution in [2.75, 3.05) is 26.9 Å². The van der Waals surface area contributed by atoms with Gasteiger partial charge in [0.25, 0.3) is 0 Å². The van der Waals surface area contributed by atoms with Crippen LogP contribution in [0.1, 0.15) is 15.9 Å². The Bertz CT molecular complexity index is 776. The highest BCUT2D eigenvalue weighted by Crippen LogP contribution is 2.15. The fourth-order valence-electron chi connectivity index (χ4n) is 2.31. The number of nitrogens with zero attached hydrogens (tertiary/aromatic N) is 1. The molecule has 25 heavy (non-hydrogen) atoms. The van der Waals surface area contributed by atoms with Gasteiger partial charge in [-0.05, 0) is 48.0 Å². The fourth-order valence-corrected chi connectivity index (χ4v) is 2.31. The summed E-state index contributed by atoms with van der Waals surface area (Å²) in [6, 6.07) is 14.5. The summed E-state index contributed by atoms with van der Waals surface area (Å²) >= 11 is 0. The van der Waals surface area contributed by atoms with Gasteiger partial charge in [0, 0.05) is 5.56 Å². The molecule has 0 aliphatic carbocycles. The molecule has 0 atom stereocenters. The van der Waals surface area contributed by atoms with Crippen LogP contribution in [0.2, 0.25) is 0 Å². The monoisotopic (exact) mass is 337 g/mol. The molecule has 0 aromatic heterocycles. The molecule has 5 nitrogen and oxygen atoms in total. The first-order valence-electron chi connectivity index (χ1n) is 8.00. The molecule has 1 aliphatic rings. The van der Waals surface area contributed by atoms with Crippen LogP contribution in [0.25, 0.3) is 6.08 Å². The Balaban J connectivity index is 1.56. The first-order chi connectivity index (χ1) is 12.2. The van der Waals surface area contributed by atoms with E-state index in [9.17, 15) is 4.79 Å². The summed E-state index contributed by atoms with van der Waals surface area (Å²) in [5, 5.41) is 0. The molecule has 0 radical (unpaired) electrons. The van der Waals surface area contributed by atoms with E-state index >= 15 is 0 Å². The number of carbonyl (C=O) groups is 1. The molecule has 0 unspecified atom stereocenters. The Morgan fingerprint density at radius 1 is 1.12 bits per heavy atom. The highest BCUT2D eigenvalue weighted by molar-refractivity contribution is 6.06. The lowest BCUT2D eigenvalue weighted by Gasteiger charge is -2.06. The van der Waals surface area contributed by atoms with Gasteiger partial charge in [-0.1, -0.05) is 18.2 Å². The van der Waals surface area contributed by atoms with E-state index in [4.69, 9.17) is 14.2 Å². The molecule has 0 saturated carbocycles. The highest BCUT2D eigenvalue weighted by atomic mass is 16.5. The Hall–Kier alpha value is -3.08. The van der Waals surface area contributed by atoms with Gasteiger partial charge in [-0.3, -0.25) is 4.79 Å². The van der Waals surface area contributed by atoms with Gasteiger partial charge in [0.1, 0.15) is 18.1 Å². The second kappa shape index (κ2) is 8.15. The van der Waals surface area contributed by atoms with Gasteiger partial charge in [-0.2, -0.15) is 0 Å². The van der Waals surface area contributed by atoms with E-state index < -0.39 is 0 Å². The van der Waals surface area contributed by atoms with E-state index in [-0.39, 0.29) is 5.78 Å². The molecule has 1 aliphatic heterocycles. The van der Waals surface area contributed by atoms with Crippen molar-refractivity contribution in [2.24, 2.45) is 4.99 Å². The SMILES string of the molecule is COc1ccc(/C=C/C(=O)c2ccc(OCC3=NCCO3)cc2)cc1. The Morgan fingerprint density at radius 2 is 1.84 bits per heavy atom. The van der Waals surface area contributed by atoms with Crippen molar-refractivity contribution in [2.45, 2.75) is 0 Å². The van der Waals surface area contributed by atoms with E-state index in [2.05, 4.69) is 4.99 Å². The van der Waals surface area contributed by atoms with Crippen molar-refractivity contribution in [3.63, 3.8) is 0 Å². The molecule has 5 heteroatoms. The molecule has 128 valence electrons. The number of hydrogen-bond acceptors (Lipinski definition) is 5. The third-order valence-electron chi connectivity index (χ3n) is 3.69. The third-order valence-corrected chi connectivity index (χ3v) is 3.69. The minimum atomic E-state index is -0.0640. The third kappa shape index (κ3) is 4.70. The lowest BCUT2D eigenvalue weighted by Crippen LogP contribution is -2.11. The molecule has 0 amide bonds. The van der Waals surface area contributed by atoms with Crippen LogP contribution in [0.5, 0.6) is 11.5 Å². The summed E-state index contributed by atoms with van der Waals surface area (Å²) in [6.07, 6.45) is 3.33. The number of rotatable bonds is 7. The van der Waals surface area contributed by atoms with Crippen molar-refractivity contribution in [1.82, 2.24) is 0 Å². The fraction of sp³-hybridized carbons (Fsp3) is 0.200. The normalized spacial score (nSPS) is 13.4. The number of carbonyl (C=O) groups excluding carboxylic acids is 1. The summed E-state index contributed by atoms with van der Waals surface area (Å²) in [5.41, 5.74) is 1.54. The van der Waals surface area contributed by atoms with Crippen molar-refractivity contribution >= 4 is 17.8 Å². The maximum Gasteiger partial charge on any atom is 0.222 e. The minimum absolute atomic E-state index is 0.0640. The molecule has 0 saturated heterocycles. The van der Waals surface area contributed by atoms with Crippen molar-refractivity contribution in [1.29, 1.82) is 0 Å². The molecule has 0 N–H and O–H groups in total. The first-order valence-corrected chi connectivity index (χ1v) is 8.00. The van der Waals surface area contributed by atoms with Crippen LogP contribution >= 0.6 is 0 Å². The molecule has 0 fully saturated rings. The maximum absolute atomic E-state index is 12.2. The van der Waals surface area contributed by atoms with E-state index in [1.165, 1.54) is 0 Å². The average molecular weight is 337 g/mol. The summed E-state index contributed by atoms with van der Waals surface area (Å²) in [5.74, 6) is 2.01. The molecular formula is C20H19NO4. The van der Waals surface area contributed by atoms with Crippen LogP contribution in [0.15, 0.2) is 59.6 Å². The van der Waals surface area contributed by atoms with Crippen LogP contribution in [0.3, 0.4) is 0 Å². The van der Waals surface area contributed by atoms with Gasteiger partial charge >= 0.3 is 0 Å². The van der Waals surface area contributed by atoms with Crippen molar-refractivity contribution < 1.29 is 19.0 Å². The number of hydrogen-bond donors (Lipinski definition) is 0. The predicted octanol–water partition coefficient (Wildman–Crippen LogP) is 3.40. The Labute approximate surface area is 146 Å². The van der Waals surface area contributed by atoms with Gasteiger partial charge < -0.3 is 14.2 Å². The second-order valence-corrected chi connectivity index (χ2v) is 5.41. The first kappa shape index (κ1) is 16.8. The van der Waals surface area contributed by atoms with Gasteiger partial charge in [-0.15, -0.1) is 0 Å². The van der Waals surface area contributed by atoms with Crippen LogP contribution in [0, 0.1) is 0 Å². The van der Waals surface area contributed by atoms with Gasteiger partial charge in [0.2, 0.25) is 5.90 Å². The van der Waals surface area contributed by atoms with Crippen LogP contribution < -0.4 is 9.47 Å². The van der Waals surface area contributed by atoms with Gasteiger partial charge in [0.15, 0.2) is 12.4 Å².